The van der Waals surface area contributed by atoms with Crippen molar-refractivity contribution in [3.8, 4) is 0 Å². The first-order chi connectivity index (χ1) is 11.0. The molecule has 0 saturated heterocycles. The SMILES string of the molecule is CC(C)N(C(=O)OCc1ccccc1)C(C(=O)O)c1cscn1. The maximum Gasteiger partial charge on any atom is 0.411 e. The van der Waals surface area contributed by atoms with Gasteiger partial charge in [0.05, 0.1) is 11.2 Å². The van der Waals surface area contributed by atoms with Gasteiger partial charge in [-0.15, -0.1) is 11.3 Å². The lowest BCUT2D eigenvalue weighted by Gasteiger charge is -2.30. The number of thiazole rings is 1. The van der Waals surface area contributed by atoms with Gasteiger partial charge in [-0.3, -0.25) is 4.90 Å². The van der Waals surface area contributed by atoms with Crippen molar-refractivity contribution in [3.05, 3.63) is 52.5 Å². The predicted molar refractivity (Wildman–Crippen MR) is 86.1 cm³/mol. The standard InChI is InChI=1S/C16H18N2O4S/c1-11(2)18(14(15(19)20)13-9-23-10-17-13)16(21)22-8-12-6-4-3-5-7-12/h3-7,9-11,14H,8H2,1-2H3,(H,19,20). The highest BCUT2D eigenvalue weighted by molar-refractivity contribution is 7.07. The van der Waals surface area contributed by atoms with E-state index >= 15 is 0 Å². The second-order valence-electron chi connectivity index (χ2n) is 5.20. The third kappa shape index (κ3) is 4.29. The molecule has 1 aromatic carbocycles. The number of hydrogen-bond donors (Lipinski definition) is 1. The third-order valence-corrected chi connectivity index (χ3v) is 3.82. The molecule has 1 heterocycles. The first kappa shape index (κ1) is 17.0. The fourth-order valence-corrected chi connectivity index (χ4v) is 2.73. The monoisotopic (exact) mass is 334 g/mol. The summed E-state index contributed by atoms with van der Waals surface area (Å²) in [7, 11) is 0. The molecule has 2 aromatic rings. The molecule has 1 N–H and O–H groups in total. The molecule has 1 unspecified atom stereocenters. The molecule has 0 saturated carbocycles. The van der Waals surface area contributed by atoms with Gasteiger partial charge in [-0.1, -0.05) is 30.3 Å². The van der Waals surface area contributed by atoms with Gasteiger partial charge in [-0.2, -0.15) is 0 Å². The van der Waals surface area contributed by atoms with Gasteiger partial charge in [-0.25, -0.2) is 14.6 Å². The molecule has 0 aliphatic heterocycles. The smallest absolute Gasteiger partial charge is 0.411 e. The van der Waals surface area contributed by atoms with E-state index in [1.165, 1.54) is 16.2 Å². The lowest BCUT2D eigenvalue weighted by molar-refractivity contribution is -0.144. The summed E-state index contributed by atoms with van der Waals surface area (Å²) in [5, 5.41) is 11.1. The van der Waals surface area contributed by atoms with Crippen molar-refractivity contribution in [1.82, 2.24) is 9.88 Å². The highest BCUT2D eigenvalue weighted by Gasteiger charge is 2.35. The van der Waals surface area contributed by atoms with E-state index in [1.807, 2.05) is 30.3 Å². The molecule has 122 valence electrons. The highest BCUT2D eigenvalue weighted by Crippen LogP contribution is 2.24. The van der Waals surface area contributed by atoms with E-state index in [0.717, 1.165) is 5.56 Å². The molecule has 0 bridgehead atoms. The van der Waals surface area contributed by atoms with Crippen LogP contribution < -0.4 is 0 Å². The second kappa shape index (κ2) is 7.73. The summed E-state index contributed by atoms with van der Waals surface area (Å²) < 4.78 is 5.28. The van der Waals surface area contributed by atoms with E-state index in [9.17, 15) is 14.7 Å². The fourth-order valence-electron chi connectivity index (χ4n) is 2.15. The molecule has 0 aliphatic rings. The summed E-state index contributed by atoms with van der Waals surface area (Å²) in [6, 6.07) is 7.72. The average molecular weight is 334 g/mol. The first-order valence-corrected chi connectivity index (χ1v) is 8.05. The Morgan fingerprint density at radius 3 is 2.52 bits per heavy atom. The molecule has 0 spiro atoms. The largest absolute Gasteiger partial charge is 0.479 e. The van der Waals surface area contributed by atoms with Gasteiger partial charge in [0.25, 0.3) is 0 Å². The summed E-state index contributed by atoms with van der Waals surface area (Å²) >= 11 is 1.28. The Morgan fingerprint density at radius 2 is 2.00 bits per heavy atom. The summed E-state index contributed by atoms with van der Waals surface area (Å²) in [6.07, 6.45) is -0.677. The van der Waals surface area contributed by atoms with Crippen LogP contribution in [0.15, 0.2) is 41.2 Å². The van der Waals surface area contributed by atoms with Crippen LogP contribution in [0.25, 0.3) is 0 Å². The summed E-state index contributed by atoms with van der Waals surface area (Å²) in [4.78, 5) is 29.3. The first-order valence-electron chi connectivity index (χ1n) is 7.10. The van der Waals surface area contributed by atoms with Gasteiger partial charge in [0.2, 0.25) is 0 Å². The van der Waals surface area contributed by atoms with Gasteiger partial charge < -0.3 is 9.84 Å². The van der Waals surface area contributed by atoms with Crippen LogP contribution in [-0.2, 0) is 16.1 Å². The number of nitrogens with zero attached hydrogens (tertiary/aromatic N) is 2. The van der Waals surface area contributed by atoms with Crippen LogP contribution in [0.3, 0.4) is 0 Å². The molecule has 7 heteroatoms. The van der Waals surface area contributed by atoms with Crippen LogP contribution in [0.5, 0.6) is 0 Å². The van der Waals surface area contributed by atoms with Crippen molar-refractivity contribution in [3.63, 3.8) is 0 Å². The maximum absolute atomic E-state index is 12.4. The van der Waals surface area contributed by atoms with E-state index < -0.39 is 18.1 Å². The van der Waals surface area contributed by atoms with Crippen LogP contribution in [0.1, 0.15) is 31.1 Å². The van der Waals surface area contributed by atoms with Crippen LogP contribution in [0.4, 0.5) is 4.79 Å². The molecule has 2 rings (SSSR count). The van der Waals surface area contributed by atoms with Crippen LogP contribution in [0.2, 0.25) is 0 Å². The predicted octanol–water partition coefficient (Wildman–Crippen LogP) is 3.32. The van der Waals surface area contributed by atoms with E-state index in [1.54, 1.807) is 24.7 Å². The maximum atomic E-state index is 12.4. The number of carboxylic acid groups (broad SMARTS) is 1. The number of carboxylic acids is 1. The molecular weight excluding hydrogens is 316 g/mol. The van der Waals surface area contributed by atoms with Crippen molar-refractivity contribution in [2.45, 2.75) is 32.5 Å². The van der Waals surface area contributed by atoms with Crippen molar-refractivity contribution in [2.24, 2.45) is 0 Å². The molecule has 1 amide bonds. The minimum absolute atomic E-state index is 0.0896. The number of benzene rings is 1. The van der Waals surface area contributed by atoms with E-state index in [2.05, 4.69) is 4.98 Å². The van der Waals surface area contributed by atoms with Crippen molar-refractivity contribution >= 4 is 23.4 Å². The normalized spacial score (nSPS) is 12.0. The average Bonchev–Trinajstić information content (AvgIpc) is 3.04. The highest BCUT2D eigenvalue weighted by atomic mass is 32.1. The fraction of sp³-hybridized carbons (Fsp3) is 0.312. The quantitative estimate of drug-likeness (QED) is 0.876. The molecule has 6 nitrogen and oxygen atoms in total. The topological polar surface area (TPSA) is 79.7 Å². The Kier molecular flexibility index (Phi) is 5.70. The summed E-state index contributed by atoms with van der Waals surface area (Å²) in [5.41, 5.74) is 2.71. The Labute approximate surface area is 138 Å². The Balaban J connectivity index is 2.16. The molecule has 0 radical (unpaired) electrons. The number of hydrogen-bond acceptors (Lipinski definition) is 5. The van der Waals surface area contributed by atoms with Gasteiger partial charge in [0, 0.05) is 11.4 Å². The zero-order valence-electron chi connectivity index (χ0n) is 12.9. The minimum Gasteiger partial charge on any atom is -0.479 e. The van der Waals surface area contributed by atoms with Gasteiger partial charge in [0.1, 0.15) is 6.61 Å². The van der Waals surface area contributed by atoms with Crippen molar-refractivity contribution in [2.75, 3.05) is 0 Å². The third-order valence-electron chi connectivity index (χ3n) is 3.22. The van der Waals surface area contributed by atoms with Crippen LogP contribution >= 0.6 is 11.3 Å². The van der Waals surface area contributed by atoms with Gasteiger partial charge in [-0.05, 0) is 19.4 Å². The minimum atomic E-state index is -1.16. The number of ether oxygens (including phenoxy) is 1. The molecule has 23 heavy (non-hydrogen) atoms. The van der Waals surface area contributed by atoms with E-state index in [4.69, 9.17) is 4.74 Å². The zero-order valence-corrected chi connectivity index (χ0v) is 13.7. The number of rotatable bonds is 6. The van der Waals surface area contributed by atoms with Crippen LogP contribution in [-0.4, -0.2) is 33.1 Å². The number of amides is 1. The second-order valence-corrected chi connectivity index (χ2v) is 5.91. The van der Waals surface area contributed by atoms with Crippen LogP contribution in [0, 0.1) is 0 Å². The van der Waals surface area contributed by atoms with Gasteiger partial charge in [0.15, 0.2) is 6.04 Å². The zero-order chi connectivity index (χ0) is 16.8. The van der Waals surface area contributed by atoms with Gasteiger partial charge >= 0.3 is 12.1 Å². The van der Waals surface area contributed by atoms with E-state index in [-0.39, 0.29) is 12.6 Å². The lowest BCUT2D eigenvalue weighted by Crippen LogP contribution is -2.43. The Hall–Kier alpha value is -2.41. The molecule has 1 aromatic heterocycles. The molecule has 0 fully saturated rings. The van der Waals surface area contributed by atoms with E-state index in [0.29, 0.717) is 5.69 Å². The summed E-state index contributed by atoms with van der Waals surface area (Å²) in [6.45, 7) is 3.57. The number of aliphatic carboxylic acids is 1. The Bertz CT molecular complexity index is 643. The lowest BCUT2D eigenvalue weighted by atomic mass is 10.1. The molecule has 1 atom stereocenters. The molecular formula is C16H18N2O4S. The number of aromatic nitrogens is 1. The van der Waals surface area contributed by atoms with Crippen molar-refractivity contribution < 1.29 is 19.4 Å². The Morgan fingerprint density at radius 1 is 1.30 bits per heavy atom. The number of carbonyl (C=O) groups is 2. The summed E-state index contributed by atoms with van der Waals surface area (Å²) in [5.74, 6) is -1.14. The molecule has 0 aliphatic carbocycles. The number of carbonyl (C=O) groups excluding carboxylic acids is 1. The van der Waals surface area contributed by atoms with Crippen molar-refractivity contribution in [1.29, 1.82) is 0 Å².